The van der Waals surface area contributed by atoms with Crippen LogP contribution in [0.5, 0.6) is 0 Å². The predicted octanol–water partition coefficient (Wildman–Crippen LogP) is 4.22. The number of hydrogen-bond donors (Lipinski definition) is 1. The van der Waals surface area contributed by atoms with E-state index in [2.05, 4.69) is 24.0 Å². The molecule has 84 valence electrons. The number of halogens is 1. The molecule has 0 bridgehead atoms. The van der Waals surface area contributed by atoms with Crippen molar-refractivity contribution in [1.29, 1.82) is 0 Å². The summed E-state index contributed by atoms with van der Waals surface area (Å²) >= 11 is 8.07. The van der Waals surface area contributed by atoms with Gasteiger partial charge in [-0.3, -0.25) is 0 Å². The maximum atomic E-state index is 6.32. The van der Waals surface area contributed by atoms with Crippen LogP contribution in [0, 0.1) is 0 Å². The molecule has 16 heavy (non-hydrogen) atoms. The van der Waals surface area contributed by atoms with Crippen molar-refractivity contribution in [2.45, 2.75) is 13.5 Å². The lowest BCUT2D eigenvalue weighted by atomic mass is 10.2. The van der Waals surface area contributed by atoms with Crippen molar-refractivity contribution in [2.24, 2.45) is 0 Å². The Morgan fingerprint density at radius 2 is 2.19 bits per heavy atom. The first-order chi connectivity index (χ1) is 7.68. The molecule has 0 aliphatic carbocycles. The molecule has 0 atom stereocenters. The number of fused-ring (bicyclic) bond motifs is 1. The van der Waals surface area contributed by atoms with Crippen LogP contribution in [0.15, 0.2) is 36.4 Å². The minimum absolute atomic E-state index is 0.811. The maximum Gasteiger partial charge on any atom is 0.0636 e. The highest BCUT2D eigenvalue weighted by atomic mass is 35.5. The molecule has 3 heteroatoms. The van der Waals surface area contributed by atoms with Gasteiger partial charge in [-0.15, -0.1) is 11.3 Å². The van der Waals surface area contributed by atoms with Gasteiger partial charge in [0, 0.05) is 28.1 Å². The van der Waals surface area contributed by atoms with E-state index in [1.165, 1.54) is 9.58 Å². The highest BCUT2D eigenvalue weighted by Gasteiger charge is 2.08. The molecule has 0 radical (unpaired) electrons. The summed E-state index contributed by atoms with van der Waals surface area (Å²) in [7, 11) is 0. The van der Waals surface area contributed by atoms with Gasteiger partial charge in [0.05, 0.1) is 5.02 Å². The van der Waals surface area contributed by atoms with Gasteiger partial charge in [-0.1, -0.05) is 42.0 Å². The number of rotatable bonds is 4. The first-order valence-corrected chi connectivity index (χ1v) is 6.39. The van der Waals surface area contributed by atoms with Gasteiger partial charge in [0.25, 0.3) is 0 Å². The largest absolute Gasteiger partial charge is 0.308 e. The lowest BCUT2D eigenvalue weighted by Crippen LogP contribution is -2.14. The molecule has 0 spiro atoms. The number of benzene rings is 1. The monoisotopic (exact) mass is 251 g/mol. The van der Waals surface area contributed by atoms with E-state index < -0.39 is 0 Å². The van der Waals surface area contributed by atoms with Gasteiger partial charge < -0.3 is 5.32 Å². The Hall–Kier alpha value is -0.830. The zero-order valence-corrected chi connectivity index (χ0v) is 10.8. The fraction of sp³-hybridized carbons (Fsp3) is 0.231. The zero-order valence-electron chi connectivity index (χ0n) is 9.22. The van der Waals surface area contributed by atoms with E-state index in [1.807, 2.05) is 19.1 Å². The summed E-state index contributed by atoms with van der Waals surface area (Å²) in [6.07, 6.45) is 0. The normalized spacial score (nSPS) is 10.9. The molecular weight excluding hydrogens is 238 g/mol. The van der Waals surface area contributed by atoms with Crippen LogP contribution in [-0.2, 0) is 6.54 Å². The van der Waals surface area contributed by atoms with E-state index in [1.54, 1.807) is 11.3 Å². The molecule has 1 aromatic heterocycles. The fourth-order valence-electron chi connectivity index (χ4n) is 1.57. The fourth-order valence-corrected chi connectivity index (χ4v) is 3.04. The Morgan fingerprint density at radius 3 is 2.88 bits per heavy atom. The lowest BCUT2D eigenvalue weighted by Gasteiger charge is -2.02. The molecule has 1 nitrogen and oxygen atoms in total. The standard InChI is InChI=1S/C13H14ClNS/c1-9(2)7-15-8-12-13(14)10-5-3-4-6-11(10)16-12/h3-6,15H,1,7-8H2,2H3. The minimum atomic E-state index is 0.811. The average molecular weight is 252 g/mol. The molecule has 0 aliphatic rings. The van der Waals surface area contributed by atoms with Gasteiger partial charge in [0.1, 0.15) is 0 Å². The van der Waals surface area contributed by atoms with E-state index in [-0.39, 0.29) is 0 Å². The second kappa shape index (κ2) is 5.00. The summed E-state index contributed by atoms with van der Waals surface area (Å²) < 4.78 is 1.25. The molecule has 0 unspecified atom stereocenters. The van der Waals surface area contributed by atoms with Gasteiger partial charge >= 0.3 is 0 Å². The SMILES string of the molecule is C=C(C)CNCc1sc2ccccc2c1Cl. The summed E-state index contributed by atoms with van der Waals surface area (Å²) in [5.74, 6) is 0. The third kappa shape index (κ3) is 2.46. The Kier molecular flexibility index (Phi) is 3.64. The van der Waals surface area contributed by atoms with Crippen LogP contribution in [0.4, 0.5) is 0 Å². The van der Waals surface area contributed by atoms with Crippen LogP contribution >= 0.6 is 22.9 Å². The predicted molar refractivity (Wildman–Crippen MR) is 73.4 cm³/mol. The van der Waals surface area contributed by atoms with Crippen LogP contribution in [0.25, 0.3) is 10.1 Å². The Bertz CT molecular complexity index is 516. The Balaban J connectivity index is 2.18. The maximum absolute atomic E-state index is 6.32. The van der Waals surface area contributed by atoms with Crippen LogP contribution in [-0.4, -0.2) is 6.54 Å². The topological polar surface area (TPSA) is 12.0 Å². The van der Waals surface area contributed by atoms with Gasteiger partial charge in [-0.25, -0.2) is 0 Å². The molecule has 0 aliphatic heterocycles. The van der Waals surface area contributed by atoms with Gasteiger partial charge in [-0.2, -0.15) is 0 Å². The number of thiophene rings is 1. The summed E-state index contributed by atoms with van der Waals surface area (Å²) in [5, 5.41) is 5.37. The number of nitrogens with one attached hydrogen (secondary N) is 1. The average Bonchev–Trinajstić information content (AvgIpc) is 2.56. The van der Waals surface area contributed by atoms with Crippen LogP contribution in [0.2, 0.25) is 5.02 Å². The molecule has 0 saturated heterocycles. The van der Waals surface area contributed by atoms with Crippen molar-refractivity contribution >= 4 is 33.0 Å². The molecule has 1 aromatic carbocycles. The first kappa shape index (κ1) is 11.6. The molecule has 1 heterocycles. The third-order valence-electron chi connectivity index (χ3n) is 2.31. The Morgan fingerprint density at radius 1 is 1.44 bits per heavy atom. The van der Waals surface area contributed by atoms with E-state index >= 15 is 0 Å². The smallest absolute Gasteiger partial charge is 0.0636 e. The summed E-state index contributed by atoms with van der Waals surface area (Å²) in [6.45, 7) is 7.52. The van der Waals surface area contributed by atoms with E-state index in [0.717, 1.165) is 29.1 Å². The molecule has 2 aromatic rings. The van der Waals surface area contributed by atoms with Crippen LogP contribution in [0.1, 0.15) is 11.8 Å². The molecule has 0 fully saturated rings. The van der Waals surface area contributed by atoms with Crippen molar-refractivity contribution in [3.05, 3.63) is 46.3 Å². The molecule has 0 saturated carbocycles. The van der Waals surface area contributed by atoms with Crippen molar-refractivity contribution < 1.29 is 0 Å². The highest BCUT2D eigenvalue weighted by Crippen LogP contribution is 2.34. The van der Waals surface area contributed by atoms with Crippen molar-refractivity contribution in [1.82, 2.24) is 5.32 Å². The summed E-state index contributed by atoms with van der Waals surface area (Å²) in [6, 6.07) is 8.23. The second-order valence-electron chi connectivity index (χ2n) is 3.90. The van der Waals surface area contributed by atoms with Crippen molar-refractivity contribution in [3.63, 3.8) is 0 Å². The van der Waals surface area contributed by atoms with Crippen LogP contribution < -0.4 is 5.32 Å². The van der Waals surface area contributed by atoms with Gasteiger partial charge in [-0.05, 0) is 13.0 Å². The zero-order chi connectivity index (χ0) is 11.5. The first-order valence-electron chi connectivity index (χ1n) is 5.19. The van der Waals surface area contributed by atoms with Crippen LogP contribution in [0.3, 0.4) is 0 Å². The quantitative estimate of drug-likeness (QED) is 0.803. The molecule has 0 amide bonds. The summed E-state index contributed by atoms with van der Waals surface area (Å²) in [4.78, 5) is 1.20. The minimum Gasteiger partial charge on any atom is -0.308 e. The van der Waals surface area contributed by atoms with E-state index in [9.17, 15) is 0 Å². The Labute approximate surface area is 105 Å². The van der Waals surface area contributed by atoms with E-state index in [4.69, 9.17) is 11.6 Å². The molecule has 2 rings (SSSR count). The highest BCUT2D eigenvalue weighted by molar-refractivity contribution is 7.19. The molecule has 1 N–H and O–H groups in total. The van der Waals surface area contributed by atoms with Crippen molar-refractivity contribution in [3.8, 4) is 0 Å². The number of hydrogen-bond acceptors (Lipinski definition) is 2. The second-order valence-corrected chi connectivity index (χ2v) is 5.41. The van der Waals surface area contributed by atoms with Gasteiger partial charge in [0.2, 0.25) is 0 Å². The molecular formula is C13H14ClNS. The summed E-state index contributed by atoms with van der Waals surface area (Å²) in [5.41, 5.74) is 1.14. The lowest BCUT2D eigenvalue weighted by molar-refractivity contribution is 0.750. The third-order valence-corrected chi connectivity index (χ3v) is 4.03. The van der Waals surface area contributed by atoms with Crippen molar-refractivity contribution in [2.75, 3.05) is 6.54 Å². The van der Waals surface area contributed by atoms with Gasteiger partial charge in [0.15, 0.2) is 0 Å². The van der Waals surface area contributed by atoms with E-state index in [0.29, 0.717) is 0 Å².